The SMILES string of the molecule is COc1cc2ncnc(Nc3ccc(F)c(Cl)c3)c2cc1OCCCN1CC2OCCN(Cc3ccccc3)[C@H]2C1. The van der Waals surface area contributed by atoms with Crippen molar-refractivity contribution in [1.82, 2.24) is 19.8 Å². The average Bonchev–Trinajstić information content (AvgIpc) is 3.42. The van der Waals surface area contributed by atoms with Crippen molar-refractivity contribution in [1.29, 1.82) is 0 Å². The Labute approximate surface area is 244 Å². The second-order valence-corrected chi connectivity index (χ2v) is 10.8. The molecule has 2 atom stereocenters. The van der Waals surface area contributed by atoms with Crippen LogP contribution in [0.25, 0.3) is 10.9 Å². The third-order valence-electron chi connectivity index (χ3n) is 7.70. The van der Waals surface area contributed by atoms with E-state index in [0.717, 1.165) is 51.1 Å². The van der Waals surface area contributed by atoms with E-state index >= 15 is 0 Å². The molecular weight excluding hydrogens is 545 g/mol. The van der Waals surface area contributed by atoms with E-state index in [1.807, 2.05) is 12.1 Å². The number of aromatic nitrogens is 2. The van der Waals surface area contributed by atoms with E-state index in [2.05, 4.69) is 55.4 Å². The van der Waals surface area contributed by atoms with Crippen molar-refractivity contribution < 1.29 is 18.6 Å². The minimum atomic E-state index is -0.477. The lowest BCUT2D eigenvalue weighted by Gasteiger charge is -2.37. The van der Waals surface area contributed by atoms with Gasteiger partial charge in [0.1, 0.15) is 18.0 Å². The van der Waals surface area contributed by atoms with Crippen molar-refractivity contribution in [2.24, 2.45) is 0 Å². The van der Waals surface area contributed by atoms with Gasteiger partial charge in [0.25, 0.3) is 0 Å². The highest BCUT2D eigenvalue weighted by molar-refractivity contribution is 6.31. The number of anilines is 2. The van der Waals surface area contributed by atoms with Crippen LogP contribution < -0.4 is 14.8 Å². The van der Waals surface area contributed by atoms with E-state index in [1.165, 1.54) is 24.0 Å². The molecular formula is C31H33ClFN5O3. The number of hydrogen-bond acceptors (Lipinski definition) is 8. The lowest BCUT2D eigenvalue weighted by Crippen LogP contribution is -2.50. The summed E-state index contributed by atoms with van der Waals surface area (Å²) in [6, 6.07) is 19.2. The number of nitrogens with zero attached hydrogens (tertiary/aromatic N) is 4. The summed E-state index contributed by atoms with van der Waals surface area (Å²) in [6.45, 7) is 6.09. The number of benzene rings is 3. The van der Waals surface area contributed by atoms with Crippen molar-refractivity contribution in [2.75, 3.05) is 51.8 Å². The van der Waals surface area contributed by atoms with Gasteiger partial charge in [-0.2, -0.15) is 0 Å². The van der Waals surface area contributed by atoms with Crippen LogP contribution >= 0.6 is 11.6 Å². The summed E-state index contributed by atoms with van der Waals surface area (Å²) in [5.74, 6) is 1.30. The zero-order chi connectivity index (χ0) is 28.2. The van der Waals surface area contributed by atoms with Crippen LogP contribution in [0.4, 0.5) is 15.9 Å². The number of hydrogen-bond donors (Lipinski definition) is 1. The highest BCUT2D eigenvalue weighted by Gasteiger charge is 2.39. The number of likely N-dealkylation sites (tertiary alicyclic amines) is 1. The molecule has 8 nitrogen and oxygen atoms in total. The molecule has 1 unspecified atom stereocenters. The first-order valence-corrected chi connectivity index (χ1v) is 14.2. The third kappa shape index (κ3) is 6.38. The third-order valence-corrected chi connectivity index (χ3v) is 7.99. The molecule has 3 heterocycles. The van der Waals surface area contributed by atoms with E-state index in [-0.39, 0.29) is 11.1 Å². The Morgan fingerprint density at radius 2 is 1.95 bits per heavy atom. The van der Waals surface area contributed by atoms with Gasteiger partial charge >= 0.3 is 0 Å². The zero-order valence-electron chi connectivity index (χ0n) is 22.9. The monoisotopic (exact) mass is 577 g/mol. The van der Waals surface area contributed by atoms with E-state index in [1.54, 1.807) is 13.2 Å². The summed E-state index contributed by atoms with van der Waals surface area (Å²) >= 11 is 5.96. The van der Waals surface area contributed by atoms with Crippen LogP contribution in [0.1, 0.15) is 12.0 Å². The number of halogens is 2. The number of rotatable bonds is 10. The summed E-state index contributed by atoms with van der Waals surface area (Å²) in [6.07, 6.45) is 2.58. The predicted octanol–water partition coefficient (Wildman–Crippen LogP) is 5.53. The second kappa shape index (κ2) is 12.6. The van der Waals surface area contributed by atoms with Crippen LogP contribution in [0.5, 0.6) is 11.5 Å². The van der Waals surface area contributed by atoms with Crippen LogP contribution in [0.15, 0.2) is 67.0 Å². The van der Waals surface area contributed by atoms with Gasteiger partial charge in [0.15, 0.2) is 11.5 Å². The maximum absolute atomic E-state index is 13.6. The summed E-state index contributed by atoms with van der Waals surface area (Å²) < 4.78 is 31.6. The molecule has 4 aromatic rings. The van der Waals surface area contributed by atoms with Crippen molar-refractivity contribution in [2.45, 2.75) is 25.1 Å². The number of ether oxygens (including phenoxy) is 3. The predicted molar refractivity (Wildman–Crippen MR) is 158 cm³/mol. The minimum absolute atomic E-state index is 0.0340. The minimum Gasteiger partial charge on any atom is -0.493 e. The fourth-order valence-electron chi connectivity index (χ4n) is 5.65. The number of methoxy groups -OCH3 is 1. The highest BCUT2D eigenvalue weighted by Crippen LogP contribution is 2.35. The van der Waals surface area contributed by atoms with Crippen LogP contribution in [-0.2, 0) is 11.3 Å². The molecule has 3 aromatic carbocycles. The number of morpholine rings is 1. The Bertz CT molecular complexity index is 1490. The fraction of sp³-hybridized carbons (Fsp3) is 0.355. The molecule has 10 heteroatoms. The normalized spacial score (nSPS) is 19.3. The van der Waals surface area contributed by atoms with Gasteiger partial charge in [0.2, 0.25) is 0 Å². The smallest absolute Gasteiger partial charge is 0.162 e. The van der Waals surface area contributed by atoms with Crippen LogP contribution in [0.2, 0.25) is 5.02 Å². The van der Waals surface area contributed by atoms with E-state index in [4.69, 9.17) is 25.8 Å². The van der Waals surface area contributed by atoms with E-state index in [0.29, 0.717) is 41.2 Å². The molecule has 0 bridgehead atoms. The lowest BCUT2D eigenvalue weighted by atomic mass is 10.1. The van der Waals surface area contributed by atoms with Crippen LogP contribution in [0, 0.1) is 5.82 Å². The van der Waals surface area contributed by atoms with Crippen LogP contribution in [-0.4, -0.2) is 78.4 Å². The summed E-state index contributed by atoms with van der Waals surface area (Å²) in [7, 11) is 1.61. The summed E-state index contributed by atoms with van der Waals surface area (Å²) in [5.41, 5.74) is 2.65. The zero-order valence-corrected chi connectivity index (χ0v) is 23.7. The molecule has 0 aliphatic carbocycles. The van der Waals surface area contributed by atoms with Gasteiger partial charge in [-0.25, -0.2) is 14.4 Å². The highest BCUT2D eigenvalue weighted by atomic mass is 35.5. The molecule has 0 radical (unpaired) electrons. The lowest BCUT2D eigenvalue weighted by molar-refractivity contribution is -0.0504. The van der Waals surface area contributed by atoms with Gasteiger partial charge < -0.3 is 19.5 Å². The average molecular weight is 578 g/mol. The number of fused-ring (bicyclic) bond motifs is 2. The molecule has 41 heavy (non-hydrogen) atoms. The first-order valence-electron chi connectivity index (χ1n) is 13.9. The molecule has 0 amide bonds. The Hall–Kier alpha value is -3.50. The van der Waals surface area contributed by atoms with E-state index in [9.17, 15) is 4.39 Å². The maximum Gasteiger partial charge on any atom is 0.162 e. The van der Waals surface area contributed by atoms with Gasteiger partial charge in [-0.1, -0.05) is 41.9 Å². The van der Waals surface area contributed by atoms with Crippen molar-refractivity contribution >= 4 is 34.0 Å². The number of nitrogens with one attached hydrogen (secondary N) is 1. The fourth-order valence-corrected chi connectivity index (χ4v) is 5.83. The maximum atomic E-state index is 13.6. The molecule has 2 fully saturated rings. The molecule has 2 saturated heterocycles. The topological polar surface area (TPSA) is 72.0 Å². The van der Waals surface area contributed by atoms with Gasteiger partial charge in [-0.05, 0) is 36.2 Å². The standard InChI is InChI=1S/C31H33ClFN5O3/c1-39-28-16-26-23(31(35-20-34-26)36-22-8-9-25(33)24(32)14-22)15-29(28)40-12-5-10-37-18-27-30(19-37)41-13-11-38(27)17-21-6-3-2-4-7-21/h2-4,6-9,14-16,20,27,30H,5,10-13,17-19H2,1H3,(H,34,35,36)/t27-,30?/m0/s1. The quantitative estimate of drug-likeness (QED) is 0.247. The Morgan fingerprint density at radius 3 is 2.78 bits per heavy atom. The molecule has 6 rings (SSSR count). The molecule has 2 aliphatic rings. The Balaban J connectivity index is 1.08. The van der Waals surface area contributed by atoms with E-state index < -0.39 is 5.82 Å². The van der Waals surface area contributed by atoms with Gasteiger partial charge in [0, 0.05) is 49.9 Å². The van der Waals surface area contributed by atoms with Crippen molar-refractivity contribution in [3.63, 3.8) is 0 Å². The van der Waals surface area contributed by atoms with Gasteiger partial charge in [0.05, 0.1) is 43.0 Å². The van der Waals surface area contributed by atoms with Crippen molar-refractivity contribution in [3.05, 3.63) is 83.4 Å². The Kier molecular flexibility index (Phi) is 8.48. The van der Waals surface area contributed by atoms with Crippen molar-refractivity contribution in [3.8, 4) is 11.5 Å². The largest absolute Gasteiger partial charge is 0.493 e. The molecule has 1 N–H and O–H groups in total. The summed E-state index contributed by atoms with van der Waals surface area (Å²) in [5, 5.41) is 3.99. The molecule has 0 spiro atoms. The van der Waals surface area contributed by atoms with Crippen LogP contribution in [0.3, 0.4) is 0 Å². The second-order valence-electron chi connectivity index (χ2n) is 10.4. The first-order chi connectivity index (χ1) is 20.1. The molecule has 2 aliphatic heterocycles. The molecule has 1 aromatic heterocycles. The molecule has 0 saturated carbocycles. The Morgan fingerprint density at radius 1 is 1.07 bits per heavy atom. The van der Waals surface area contributed by atoms with Gasteiger partial charge in [-0.15, -0.1) is 0 Å². The van der Waals surface area contributed by atoms with Gasteiger partial charge in [-0.3, -0.25) is 9.80 Å². The first kappa shape index (κ1) is 27.7. The summed E-state index contributed by atoms with van der Waals surface area (Å²) in [4.78, 5) is 13.8. The molecule has 214 valence electrons.